The normalized spacial score (nSPS) is 19.5. The van der Waals surface area contributed by atoms with Crippen LogP contribution in [-0.4, -0.2) is 16.9 Å². The molecule has 0 nitrogen and oxygen atoms in total. The Hall–Kier alpha value is 0.220. The second-order valence-electron chi connectivity index (χ2n) is 5.44. The van der Waals surface area contributed by atoms with Gasteiger partial charge in [0.05, 0.1) is 0 Å². The molecule has 1 unspecified atom stereocenters. The zero-order chi connectivity index (χ0) is 12.2. The highest BCUT2D eigenvalue weighted by atomic mass is 32.2. The molecule has 1 aliphatic heterocycles. The zero-order valence-corrected chi connectivity index (χ0v) is 12.7. The van der Waals surface area contributed by atoms with Crippen LogP contribution in [0, 0.1) is 0 Å². The van der Waals surface area contributed by atoms with Crippen LogP contribution in [0.15, 0.2) is 0 Å². The summed E-state index contributed by atoms with van der Waals surface area (Å²) in [5.74, 6) is 3.02. The van der Waals surface area contributed by atoms with Gasteiger partial charge in [0.1, 0.15) is 0 Å². The van der Waals surface area contributed by atoms with E-state index >= 15 is 0 Å². The molecule has 0 amide bonds. The first-order valence-electron chi connectivity index (χ1n) is 7.93. The quantitative estimate of drug-likeness (QED) is 0.325. The summed E-state index contributed by atoms with van der Waals surface area (Å²) < 4.78 is 0. The highest BCUT2D eigenvalue weighted by Crippen LogP contribution is 2.23. The third-order valence-electron chi connectivity index (χ3n) is 3.72. The van der Waals surface area contributed by atoms with Gasteiger partial charge in [-0.2, -0.15) is 10.5 Å². The molecule has 17 heavy (non-hydrogen) atoms. The van der Waals surface area contributed by atoms with Crippen LogP contribution in [0.1, 0.15) is 84.0 Å². The Morgan fingerprint density at radius 2 is 1.41 bits per heavy atom. The summed E-state index contributed by atoms with van der Waals surface area (Å²) in [4.78, 5) is 0. The molecule has 0 N–H and O–H groups in total. The van der Waals surface area contributed by atoms with E-state index in [2.05, 4.69) is 12.3 Å². The Morgan fingerprint density at radius 1 is 0.824 bits per heavy atom. The van der Waals surface area contributed by atoms with Crippen LogP contribution >= 0.6 is 10.5 Å². The van der Waals surface area contributed by atoms with Gasteiger partial charge in [0.15, 0.2) is 0 Å². The molecule has 0 aromatic rings. The van der Waals surface area contributed by atoms with Crippen LogP contribution in [0.25, 0.3) is 0 Å². The molecule has 0 radical (unpaired) electrons. The summed E-state index contributed by atoms with van der Waals surface area (Å²) in [6.07, 6.45) is 17.6. The molecule has 1 heterocycles. The number of hydrogen-bond donors (Lipinski definition) is 0. The first kappa shape index (κ1) is 15.3. The average molecular weight is 256 g/mol. The van der Waals surface area contributed by atoms with Gasteiger partial charge in [-0.1, -0.05) is 70.1 Å². The summed E-state index contributed by atoms with van der Waals surface area (Å²) in [7, 11) is 0.735. The Morgan fingerprint density at radius 3 is 1.94 bits per heavy atom. The van der Waals surface area contributed by atoms with Gasteiger partial charge in [-0.05, 0) is 30.8 Å². The summed E-state index contributed by atoms with van der Waals surface area (Å²) in [6.45, 7) is 2.29. The Balaban J connectivity index is 1.72. The molecule has 0 aliphatic carbocycles. The van der Waals surface area contributed by atoms with Crippen molar-refractivity contribution in [3.63, 3.8) is 0 Å². The van der Waals surface area contributed by atoms with Gasteiger partial charge in [0.2, 0.25) is 0 Å². The lowest BCUT2D eigenvalue weighted by molar-refractivity contribution is 0.563. The van der Waals surface area contributed by atoms with Gasteiger partial charge >= 0.3 is 0 Å². The monoisotopic (exact) mass is 256 g/mol. The van der Waals surface area contributed by atoms with Crippen LogP contribution in [0.2, 0.25) is 0 Å². The summed E-state index contributed by atoms with van der Waals surface area (Å²) in [6, 6.07) is 0. The smallest absolute Gasteiger partial charge is 0.0117 e. The summed E-state index contributed by atoms with van der Waals surface area (Å²) in [5, 5.41) is 2.59. The van der Waals surface area contributed by atoms with Gasteiger partial charge in [-0.3, -0.25) is 0 Å². The van der Waals surface area contributed by atoms with Crippen molar-refractivity contribution in [1.29, 1.82) is 0 Å². The topological polar surface area (TPSA) is 0 Å². The molecule has 0 saturated heterocycles. The average Bonchev–Trinajstić information content (AvgIpc) is 2.85. The molecule has 1 aliphatic rings. The first-order chi connectivity index (χ1) is 8.43. The van der Waals surface area contributed by atoms with E-state index in [0.717, 1.165) is 10.5 Å². The van der Waals surface area contributed by atoms with E-state index in [1.54, 1.807) is 0 Å². The molecule has 102 valence electrons. The highest BCUT2D eigenvalue weighted by Gasteiger charge is 2.01. The van der Waals surface area contributed by atoms with Gasteiger partial charge < -0.3 is 0 Å². The predicted molar refractivity (Wildman–Crippen MR) is 84.5 cm³/mol. The summed E-state index contributed by atoms with van der Waals surface area (Å²) in [5.41, 5.74) is 0. The first-order valence-corrected chi connectivity index (χ1v) is 9.55. The standard InChI is InChI=1S/C16H32S/c1-2-3-4-5-6-7-8-9-10-11-14-17-15-12-13-16-17/h15H,2-14,16H2,1H3. The Bertz CT molecular complexity index is 196. The van der Waals surface area contributed by atoms with E-state index in [1.807, 2.05) is 0 Å². The van der Waals surface area contributed by atoms with Crippen LogP contribution in [0.5, 0.6) is 0 Å². The van der Waals surface area contributed by atoms with Gasteiger partial charge in [0.25, 0.3) is 0 Å². The molecule has 0 spiro atoms. The minimum absolute atomic E-state index is 0.735. The van der Waals surface area contributed by atoms with Crippen molar-refractivity contribution in [1.82, 2.24) is 0 Å². The van der Waals surface area contributed by atoms with E-state index in [0.29, 0.717) is 0 Å². The number of hydrogen-bond acceptors (Lipinski definition) is 0. The van der Waals surface area contributed by atoms with Crippen molar-refractivity contribution in [2.45, 2.75) is 84.0 Å². The van der Waals surface area contributed by atoms with E-state index < -0.39 is 0 Å². The lowest BCUT2D eigenvalue weighted by Gasteiger charge is -2.04. The second-order valence-corrected chi connectivity index (χ2v) is 7.66. The minimum Gasteiger partial charge on any atom is -0.190 e. The third-order valence-corrected chi connectivity index (χ3v) is 6.06. The molecule has 0 aromatic carbocycles. The molecule has 0 fully saturated rings. The van der Waals surface area contributed by atoms with Gasteiger partial charge in [-0.15, -0.1) is 0 Å². The minimum atomic E-state index is 0.735. The van der Waals surface area contributed by atoms with Crippen molar-refractivity contribution in [2.75, 3.05) is 11.5 Å². The van der Waals surface area contributed by atoms with E-state index in [1.165, 1.54) is 88.6 Å². The molecule has 0 saturated carbocycles. The van der Waals surface area contributed by atoms with E-state index in [9.17, 15) is 0 Å². The van der Waals surface area contributed by atoms with Crippen molar-refractivity contribution >= 4 is 15.9 Å². The maximum absolute atomic E-state index is 2.59. The molecule has 1 rings (SSSR count). The van der Waals surface area contributed by atoms with Crippen LogP contribution in [0.4, 0.5) is 0 Å². The zero-order valence-electron chi connectivity index (χ0n) is 11.9. The third kappa shape index (κ3) is 8.88. The maximum Gasteiger partial charge on any atom is -0.0117 e. The van der Waals surface area contributed by atoms with Crippen molar-refractivity contribution in [2.24, 2.45) is 0 Å². The van der Waals surface area contributed by atoms with Crippen molar-refractivity contribution in [3.8, 4) is 0 Å². The predicted octanol–water partition coefficient (Wildman–Crippen LogP) is 5.77. The molecular formula is C16H32S. The fourth-order valence-electron chi connectivity index (χ4n) is 2.56. The van der Waals surface area contributed by atoms with Gasteiger partial charge in [0, 0.05) is 0 Å². The van der Waals surface area contributed by atoms with Crippen molar-refractivity contribution in [3.05, 3.63) is 0 Å². The van der Waals surface area contributed by atoms with Crippen LogP contribution in [-0.2, 0) is 0 Å². The van der Waals surface area contributed by atoms with Crippen molar-refractivity contribution < 1.29 is 0 Å². The number of rotatable bonds is 11. The van der Waals surface area contributed by atoms with E-state index in [4.69, 9.17) is 0 Å². The maximum atomic E-state index is 2.59. The molecule has 0 bridgehead atoms. The van der Waals surface area contributed by atoms with Crippen LogP contribution in [0.3, 0.4) is 0 Å². The summed E-state index contributed by atoms with van der Waals surface area (Å²) >= 11 is 0. The number of unbranched alkanes of at least 4 members (excludes halogenated alkanes) is 9. The molecule has 1 atom stereocenters. The molecule has 1 heteroatoms. The lowest BCUT2D eigenvalue weighted by Crippen LogP contribution is -1.86. The second kappa shape index (κ2) is 11.3. The fourth-order valence-corrected chi connectivity index (χ4v) is 4.71. The fraction of sp³-hybridized carbons (Fsp3) is 0.938. The SMILES string of the molecule is CCCCCCCCCCCCS1=CCCC1. The van der Waals surface area contributed by atoms with Crippen LogP contribution < -0.4 is 0 Å². The van der Waals surface area contributed by atoms with Gasteiger partial charge in [-0.25, -0.2) is 0 Å². The highest BCUT2D eigenvalue weighted by molar-refractivity contribution is 8.15. The molecule has 0 aromatic heterocycles. The Labute approximate surface area is 112 Å². The Kier molecular flexibility index (Phi) is 10.2. The largest absolute Gasteiger partial charge is 0.190 e. The lowest BCUT2D eigenvalue weighted by atomic mass is 10.1. The van der Waals surface area contributed by atoms with E-state index in [-0.39, 0.29) is 0 Å². The molecular weight excluding hydrogens is 224 g/mol.